The molecule has 3 aromatic rings. The molecule has 9 nitrogen and oxygen atoms in total. The highest BCUT2D eigenvalue weighted by Crippen LogP contribution is 2.43. The molecular weight excluding hydrogens is 549 g/mol. The number of halogens is 2. The van der Waals surface area contributed by atoms with Gasteiger partial charge in [-0.25, -0.2) is 9.67 Å². The fraction of sp³-hybridized carbons (Fsp3) is 0.621. The van der Waals surface area contributed by atoms with Gasteiger partial charge in [-0.1, -0.05) is 34.5 Å². The highest BCUT2D eigenvalue weighted by Gasteiger charge is 2.41. The summed E-state index contributed by atoms with van der Waals surface area (Å²) >= 11 is 12.7. The molecule has 212 valence electrons. The lowest BCUT2D eigenvalue weighted by Crippen LogP contribution is -2.55. The van der Waals surface area contributed by atoms with Gasteiger partial charge in [0.25, 0.3) is 0 Å². The predicted molar refractivity (Wildman–Crippen MR) is 154 cm³/mol. The van der Waals surface area contributed by atoms with Crippen LogP contribution in [-0.4, -0.2) is 73.2 Å². The summed E-state index contributed by atoms with van der Waals surface area (Å²) in [5.41, 5.74) is 3.49. The molecule has 0 spiro atoms. The Balaban J connectivity index is 1.09. The Morgan fingerprint density at radius 1 is 1.05 bits per heavy atom. The standard InChI is InChI=1S/C29H35Cl2N7O2/c1-16(23-9-7-21(30)12-24(23)31)38-27-26(34-35-38)25(17-4-5-17)32-29(33-27)37-14-20(15-37)19-3-2-10-36(13-19)22-8-6-18(11-22)28(39)40/h7,9,12,16-20,22H,2-6,8,10-11,13-15H2,1H3,(H,39,40)/t16-,18-,19+,22-/m1/s1. The molecule has 0 amide bonds. The van der Waals surface area contributed by atoms with Crippen LogP contribution in [0.1, 0.15) is 75.1 Å². The number of carboxylic acids is 1. The Morgan fingerprint density at radius 2 is 1.88 bits per heavy atom. The van der Waals surface area contributed by atoms with Crippen molar-refractivity contribution in [1.29, 1.82) is 0 Å². The number of carboxylic acid groups (broad SMARTS) is 1. The molecule has 2 aliphatic carbocycles. The zero-order valence-electron chi connectivity index (χ0n) is 22.7. The topological polar surface area (TPSA) is 100 Å². The lowest BCUT2D eigenvalue weighted by molar-refractivity contribution is -0.141. The number of aliphatic carboxylic acids is 1. The highest BCUT2D eigenvalue weighted by molar-refractivity contribution is 6.35. The summed E-state index contributed by atoms with van der Waals surface area (Å²) in [6.45, 7) is 6.15. The minimum atomic E-state index is -0.629. The van der Waals surface area contributed by atoms with Gasteiger partial charge in [-0.15, -0.1) is 5.10 Å². The molecule has 1 N–H and O–H groups in total. The minimum Gasteiger partial charge on any atom is -0.481 e. The molecule has 4 fully saturated rings. The van der Waals surface area contributed by atoms with Gasteiger partial charge in [-0.05, 0) is 87.9 Å². The number of hydrogen-bond donors (Lipinski definition) is 1. The molecule has 2 saturated carbocycles. The van der Waals surface area contributed by atoms with Crippen LogP contribution in [0.4, 0.5) is 5.95 Å². The number of fused-ring (bicyclic) bond motifs is 1. The van der Waals surface area contributed by atoms with Crippen molar-refractivity contribution in [1.82, 2.24) is 29.9 Å². The number of anilines is 1. The fourth-order valence-corrected chi connectivity index (χ4v) is 7.67. The molecular formula is C29H35Cl2N7O2. The van der Waals surface area contributed by atoms with E-state index in [0.29, 0.717) is 33.8 Å². The minimum absolute atomic E-state index is 0.154. The first-order valence-electron chi connectivity index (χ1n) is 14.6. The predicted octanol–water partition coefficient (Wildman–Crippen LogP) is 5.42. The molecule has 4 aliphatic rings. The van der Waals surface area contributed by atoms with Crippen molar-refractivity contribution in [2.45, 2.75) is 69.9 Å². The first kappa shape index (κ1) is 26.4. The van der Waals surface area contributed by atoms with Crippen LogP contribution in [0.5, 0.6) is 0 Å². The second-order valence-corrected chi connectivity index (χ2v) is 13.1. The van der Waals surface area contributed by atoms with E-state index in [1.807, 2.05) is 16.8 Å². The number of likely N-dealkylation sites (tertiary alicyclic amines) is 1. The second-order valence-electron chi connectivity index (χ2n) is 12.3. The zero-order valence-corrected chi connectivity index (χ0v) is 24.2. The molecule has 4 heterocycles. The lowest BCUT2D eigenvalue weighted by atomic mass is 9.80. The van der Waals surface area contributed by atoms with Crippen molar-refractivity contribution in [3.63, 3.8) is 0 Å². The number of rotatable bonds is 7. The van der Waals surface area contributed by atoms with Gasteiger partial charge in [0.1, 0.15) is 0 Å². The maximum absolute atomic E-state index is 11.5. The van der Waals surface area contributed by atoms with Crippen LogP contribution in [0, 0.1) is 17.8 Å². The van der Waals surface area contributed by atoms with Crippen LogP contribution in [-0.2, 0) is 4.79 Å². The Morgan fingerprint density at radius 3 is 2.60 bits per heavy atom. The van der Waals surface area contributed by atoms with Gasteiger partial charge in [0, 0.05) is 41.6 Å². The molecule has 0 radical (unpaired) electrons. The number of nitrogens with zero attached hydrogens (tertiary/aromatic N) is 7. The van der Waals surface area contributed by atoms with Gasteiger partial charge < -0.3 is 14.9 Å². The van der Waals surface area contributed by atoms with Crippen LogP contribution in [0.25, 0.3) is 11.2 Å². The van der Waals surface area contributed by atoms with Gasteiger partial charge >= 0.3 is 5.97 Å². The summed E-state index contributed by atoms with van der Waals surface area (Å²) in [5.74, 6) is 1.65. The summed E-state index contributed by atoms with van der Waals surface area (Å²) in [6.07, 6.45) is 7.32. The molecule has 7 rings (SSSR count). The van der Waals surface area contributed by atoms with Crippen molar-refractivity contribution in [3.05, 3.63) is 39.5 Å². The molecule has 40 heavy (non-hydrogen) atoms. The summed E-state index contributed by atoms with van der Waals surface area (Å²) in [6, 6.07) is 5.81. The quantitative estimate of drug-likeness (QED) is 0.393. The molecule has 2 aliphatic heterocycles. The van der Waals surface area contributed by atoms with Crippen molar-refractivity contribution in [2.24, 2.45) is 17.8 Å². The summed E-state index contributed by atoms with van der Waals surface area (Å²) < 4.78 is 1.86. The van der Waals surface area contributed by atoms with Gasteiger partial charge in [0.2, 0.25) is 5.95 Å². The van der Waals surface area contributed by atoms with Crippen molar-refractivity contribution in [2.75, 3.05) is 31.1 Å². The van der Waals surface area contributed by atoms with Gasteiger partial charge in [0.15, 0.2) is 11.2 Å². The van der Waals surface area contributed by atoms with Crippen LogP contribution in [0.3, 0.4) is 0 Å². The first-order valence-corrected chi connectivity index (χ1v) is 15.4. The lowest BCUT2D eigenvalue weighted by Gasteiger charge is -2.47. The number of aromatic nitrogens is 5. The molecule has 0 bridgehead atoms. The van der Waals surface area contributed by atoms with Crippen molar-refractivity contribution >= 4 is 46.3 Å². The fourth-order valence-electron chi connectivity index (χ4n) is 7.10. The van der Waals surface area contributed by atoms with E-state index in [0.717, 1.165) is 86.7 Å². The highest BCUT2D eigenvalue weighted by atomic mass is 35.5. The smallest absolute Gasteiger partial charge is 0.306 e. The third-order valence-electron chi connectivity index (χ3n) is 9.70. The zero-order chi connectivity index (χ0) is 27.5. The Labute approximate surface area is 243 Å². The molecule has 1 aromatic carbocycles. The third kappa shape index (κ3) is 4.84. The van der Waals surface area contributed by atoms with E-state index >= 15 is 0 Å². The van der Waals surface area contributed by atoms with E-state index in [4.69, 9.17) is 33.2 Å². The number of hydrogen-bond acceptors (Lipinski definition) is 7. The van der Waals surface area contributed by atoms with E-state index < -0.39 is 5.97 Å². The maximum atomic E-state index is 11.5. The van der Waals surface area contributed by atoms with Crippen LogP contribution >= 0.6 is 23.2 Å². The molecule has 2 saturated heterocycles. The monoisotopic (exact) mass is 583 g/mol. The average molecular weight is 585 g/mol. The van der Waals surface area contributed by atoms with E-state index in [9.17, 15) is 9.90 Å². The van der Waals surface area contributed by atoms with E-state index in [1.165, 1.54) is 12.8 Å². The first-order chi connectivity index (χ1) is 19.4. The maximum Gasteiger partial charge on any atom is 0.306 e. The largest absolute Gasteiger partial charge is 0.481 e. The number of piperidine rings is 1. The summed E-state index contributed by atoms with van der Waals surface area (Å²) in [5, 5.41) is 19.7. The van der Waals surface area contributed by atoms with Crippen LogP contribution in [0.2, 0.25) is 10.0 Å². The molecule has 4 atom stereocenters. The summed E-state index contributed by atoms with van der Waals surface area (Å²) in [4.78, 5) is 26.4. The van der Waals surface area contributed by atoms with Gasteiger partial charge in [-0.2, -0.15) is 4.98 Å². The third-order valence-corrected chi connectivity index (χ3v) is 10.3. The molecule has 11 heteroatoms. The van der Waals surface area contributed by atoms with Crippen LogP contribution in [0.15, 0.2) is 18.2 Å². The van der Waals surface area contributed by atoms with E-state index in [1.54, 1.807) is 6.07 Å². The molecule has 0 unspecified atom stereocenters. The number of carbonyl (C=O) groups is 1. The van der Waals surface area contributed by atoms with Gasteiger partial charge in [-0.3, -0.25) is 4.79 Å². The Bertz CT molecular complexity index is 1440. The Kier molecular flexibility index (Phi) is 6.87. The SMILES string of the molecule is C[C@H](c1ccc(Cl)cc1Cl)n1nnc2c(C3CC3)nc(N3CC([C@H]4CCCN([C@@H]5CC[C@@H](C(=O)O)C5)C4)C3)nc21. The normalized spacial score (nSPS) is 26.8. The number of benzene rings is 1. The van der Waals surface area contributed by atoms with Gasteiger partial charge in [0.05, 0.1) is 17.7 Å². The van der Waals surface area contributed by atoms with Crippen molar-refractivity contribution in [3.8, 4) is 0 Å². The van der Waals surface area contributed by atoms with E-state index in [2.05, 4.69) is 27.0 Å². The molecule has 2 aromatic heterocycles. The van der Waals surface area contributed by atoms with Crippen LogP contribution < -0.4 is 4.90 Å². The summed E-state index contributed by atoms with van der Waals surface area (Å²) in [7, 11) is 0. The second kappa shape index (κ2) is 10.4. The Hall–Kier alpha value is -2.49. The van der Waals surface area contributed by atoms with E-state index in [-0.39, 0.29) is 12.0 Å². The average Bonchev–Trinajstić information content (AvgIpc) is 3.46. The van der Waals surface area contributed by atoms with Crippen molar-refractivity contribution < 1.29 is 9.90 Å².